The Hall–Kier alpha value is -1.95. The van der Waals surface area contributed by atoms with E-state index in [2.05, 4.69) is 5.32 Å². The fourth-order valence-corrected chi connectivity index (χ4v) is 3.58. The summed E-state index contributed by atoms with van der Waals surface area (Å²) in [5, 5.41) is 3.97. The van der Waals surface area contributed by atoms with Gasteiger partial charge in [-0.3, -0.25) is 9.69 Å². The quantitative estimate of drug-likeness (QED) is 0.735. The molecule has 8 heteroatoms. The van der Waals surface area contributed by atoms with Crippen molar-refractivity contribution in [2.75, 3.05) is 13.2 Å². The molecule has 0 radical (unpaired) electrons. The second kappa shape index (κ2) is 7.35. The molecule has 0 spiro atoms. The van der Waals surface area contributed by atoms with Gasteiger partial charge in [-0.15, -0.1) is 0 Å². The zero-order chi connectivity index (χ0) is 18.9. The van der Waals surface area contributed by atoms with Crippen molar-refractivity contribution < 1.29 is 14.3 Å². The number of carbonyl (C=O) groups is 2. The summed E-state index contributed by atoms with van der Waals surface area (Å²) >= 11 is 18.1. The van der Waals surface area contributed by atoms with Gasteiger partial charge in [0.05, 0.1) is 11.6 Å². The first-order valence-corrected chi connectivity index (χ1v) is 8.93. The van der Waals surface area contributed by atoms with Crippen molar-refractivity contribution in [2.45, 2.75) is 12.5 Å². The molecule has 3 amide bonds. The van der Waals surface area contributed by atoms with Gasteiger partial charge >= 0.3 is 6.03 Å². The number of ether oxygens (including phenoxy) is 1. The van der Waals surface area contributed by atoms with Crippen molar-refractivity contribution in [3.8, 4) is 5.75 Å². The molecule has 1 N–H and O–H groups in total. The maximum absolute atomic E-state index is 12.8. The van der Waals surface area contributed by atoms with Crippen LogP contribution in [0.2, 0.25) is 15.1 Å². The number of rotatable bonds is 5. The Bertz CT molecular complexity index is 875. The van der Waals surface area contributed by atoms with Gasteiger partial charge in [-0.1, -0.05) is 53.0 Å². The third-order valence-corrected chi connectivity index (χ3v) is 5.01. The van der Waals surface area contributed by atoms with E-state index in [-0.39, 0.29) is 19.1 Å². The van der Waals surface area contributed by atoms with E-state index in [1.165, 1.54) is 0 Å². The fraction of sp³-hybridized carbons (Fsp3) is 0.222. The van der Waals surface area contributed by atoms with Gasteiger partial charge in [0.1, 0.15) is 17.9 Å². The summed E-state index contributed by atoms with van der Waals surface area (Å²) in [7, 11) is 0. The van der Waals surface area contributed by atoms with Gasteiger partial charge in [0.2, 0.25) is 0 Å². The van der Waals surface area contributed by atoms with Gasteiger partial charge in [0.25, 0.3) is 5.91 Å². The van der Waals surface area contributed by atoms with Gasteiger partial charge < -0.3 is 10.1 Å². The molecule has 1 aliphatic rings. The van der Waals surface area contributed by atoms with Crippen LogP contribution in [-0.4, -0.2) is 30.0 Å². The molecular weight excluding hydrogens is 399 g/mol. The molecule has 0 aromatic heterocycles. The minimum Gasteiger partial charge on any atom is -0.490 e. The van der Waals surface area contributed by atoms with Crippen LogP contribution >= 0.6 is 34.8 Å². The lowest BCUT2D eigenvalue weighted by Crippen LogP contribution is -2.41. The predicted molar refractivity (Wildman–Crippen MR) is 101 cm³/mol. The Morgan fingerprint density at radius 1 is 1.08 bits per heavy atom. The van der Waals surface area contributed by atoms with Crippen LogP contribution in [0.1, 0.15) is 12.5 Å². The summed E-state index contributed by atoms with van der Waals surface area (Å²) in [6.45, 7) is 1.80. The van der Waals surface area contributed by atoms with Crippen LogP contribution in [0.5, 0.6) is 5.75 Å². The van der Waals surface area contributed by atoms with E-state index in [0.29, 0.717) is 26.4 Å². The highest BCUT2D eigenvalue weighted by Crippen LogP contribution is 2.33. The van der Waals surface area contributed by atoms with E-state index < -0.39 is 11.6 Å². The molecule has 26 heavy (non-hydrogen) atoms. The lowest BCUT2D eigenvalue weighted by atomic mass is 9.92. The van der Waals surface area contributed by atoms with Crippen LogP contribution in [-0.2, 0) is 10.3 Å². The van der Waals surface area contributed by atoms with E-state index in [1.54, 1.807) is 49.4 Å². The zero-order valence-electron chi connectivity index (χ0n) is 13.8. The molecule has 2 aromatic rings. The lowest BCUT2D eigenvalue weighted by molar-refractivity contribution is -0.131. The van der Waals surface area contributed by atoms with Crippen molar-refractivity contribution in [3.63, 3.8) is 0 Å². The molecule has 1 heterocycles. The van der Waals surface area contributed by atoms with Crippen LogP contribution in [0.3, 0.4) is 0 Å². The van der Waals surface area contributed by atoms with Gasteiger partial charge in [0, 0.05) is 15.6 Å². The Labute approximate surface area is 165 Å². The number of imide groups is 1. The summed E-state index contributed by atoms with van der Waals surface area (Å²) in [6, 6.07) is 11.3. The first-order valence-electron chi connectivity index (χ1n) is 7.80. The molecule has 1 saturated heterocycles. The van der Waals surface area contributed by atoms with Crippen LogP contribution in [0.15, 0.2) is 42.5 Å². The Kier molecular flexibility index (Phi) is 5.32. The minimum absolute atomic E-state index is 0.0731. The standard InChI is InChI=1S/C18H15Cl3N2O3/c1-18(12-4-2-3-5-13(12)20)16(24)23(17(25)22-18)8-9-26-15-7-6-11(19)10-14(15)21/h2-7,10H,8-9H2,1H3,(H,22,25)/t18-/m1/s1. The summed E-state index contributed by atoms with van der Waals surface area (Å²) in [4.78, 5) is 26.2. The Morgan fingerprint density at radius 2 is 1.81 bits per heavy atom. The molecule has 0 bridgehead atoms. The number of benzene rings is 2. The van der Waals surface area contributed by atoms with Gasteiger partial charge in [-0.05, 0) is 31.2 Å². The molecule has 3 rings (SSSR count). The second-order valence-corrected chi connectivity index (χ2v) is 7.17. The summed E-state index contributed by atoms with van der Waals surface area (Å²) < 4.78 is 5.56. The SMILES string of the molecule is C[C@]1(c2ccccc2Cl)NC(=O)N(CCOc2ccc(Cl)cc2Cl)C1=O. The third-order valence-electron chi connectivity index (χ3n) is 4.15. The van der Waals surface area contributed by atoms with Gasteiger partial charge in [0.15, 0.2) is 0 Å². The van der Waals surface area contributed by atoms with Crippen molar-refractivity contribution >= 4 is 46.7 Å². The largest absolute Gasteiger partial charge is 0.490 e. The number of hydrogen-bond acceptors (Lipinski definition) is 3. The molecule has 1 aliphatic heterocycles. The number of nitrogens with one attached hydrogen (secondary N) is 1. The molecule has 136 valence electrons. The number of urea groups is 1. The molecular formula is C18H15Cl3N2O3. The van der Waals surface area contributed by atoms with E-state index in [9.17, 15) is 9.59 Å². The second-order valence-electron chi connectivity index (χ2n) is 5.91. The minimum atomic E-state index is -1.21. The summed E-state index contributed by atoms with van der Waals surface area (Å²) in [6.07, 6.45) is 0. The van der Waals surface area contributed by atoms with Gasteiger partial charge in [-0.25, -0.2) is 4.79 Å². The molecule has 0 unspecified atom stereocenters. The average molecular weight is 414 g/mol. The smallest absolute Gasteiger partial charge is 0.325 e. The number of hydrogen-bond donors (Lipinski definition) is 1. The fourth-order valence-electron chi connectivity index (χ4n) is 2.79. The highest BCUT2D eigenvalue weighted by molar-refractivity contribution is 6.35. The van der Waals surface area contributed by atoms with Crippen LogP contribution in [0.25, 0.3) is 0 Å². The van der Waals surface area contributed by atoms with Crippen LogP contribution in [0.4, 0.5) is 4.79 Å². The van der Waals surface area contributed by atoms with E-state index >= 15 is 0 Å². The monoisotopic (exact) mass is 412 g/mol. The van der Waals surface area contributed by atoms with Crippen molar-refractivity contribution in [2.24, 2.45) is 0 Å². The van der Waals surface area contributed by atoms with Crippen molar-refractivity contribution in [1.29, 1.82) is 0 Å². The highest BCUT2D eigenvalue weighted by atomic mass is 35.5. The van der Waals surface area contributed by atoms with E-state index in [4.69, 9.17) is 39.5 Å². The van der Waals surface area contributed by atoms with Crippen LogP contribution in [0, 0.1) is 0 Å². The number of carbonyl (C=O) groups excluding carboxylic acids is 2. The zero-order valence-corrected chi connectivity index (χ0v) is 16.0. The first-order chi connectivity index (χ1) is 12.3. The highest BCUT2D eigenvalue weighted by Gasteiger charge is 2.49. The number of halogens is 3. The molecule has 0 saturated carbocycles. The van der Waals surface area contributed by atoms with Gasteiger partial charge in [-0.2, -0.15) is 0 Å². The molecule has 2 aromatic carbocycles. The Balaban J connectivity index is 1.71. The molecule has 0 aliphatic carbocycles. The maximum atomic E-state index is 12.8. The normalized spacial score (nSPS) is 19.6. The van der Waals surface area contributed by atoms with Crippen LogP contribution < -0.4 is 10.1 Å². The topological polar surface area (TPSA) is 58.6 Å². The maximum Gasteiger partial charge on any atom is 0.325 e. The van der Waals surface area contributed by atoms with E-state index in [0.717, 1.165) is 4.90 Å². The molecule has 5 nitrogen and oxygen atoms in total. The number of nitrogens with zero attached hydrogens (tertiary/aromatic N) is 1. The third kappa shape index (κ3) is 3.47. The van der Waals surface area contributed by atoms with Crippen molar-refractivity contribution in [1.82, 2.24) is 10.2 Å². The lowest BCUT2D eigenvalue weighted by Gasteiger charge is -2.23. The molecule has 1 fully saturated rings. The molecule has 1 atom stereocenters. The van der Waals surface area contributed by atoms with E-state index in [1.807, 2.05) is 0 Å². The average Bonchev–Trinajstić information content (AvgIpc) is 2.81. The number of amides is 3. The summed E-state index contributed by atoms with van der Waals surface area (Å²) in [5.41, 5.74) is -0.669. The first kappa shape index (κ1) is 18.8. The predicted octanol–water partition coefficient (Wildman–Crippen LogP) is 4.49. The van der Waals surface area contributed by atoms with Crippen molar-refractivity contribution in [3.05, 3.63) is 63.1 Å². The summed E-state index contributed by atoms with van der Waals surface area (Å²) in [5.74, 6) is 0.0402. The Morgan fingerprint density at radius 3 is 2.50 bits per heavy atom.